The van der Waals surface area contributed by atoms with Crippen molar-refractivity contribution in [3.05, 3.63) is 35.9 Å². The van der Waals surface area contributed by atoms with Crippen LogP contribution >= 0.6 is 0 Å². The van der Waals surface area contributed by atoms with Gasteiger partial charge in [0.2, 0.25) is 11.8 Å². The molecule has 1 fully saturated rings. The summed E-state index contributed by atoms with van der Waals surface area (Å²) in [6.07, 6.45) is 4.49. The molecule has 1 aromatic rings. The van der Waals surface area contributed by atoms with Gasteiger partial charge in [0.05, 0.1) is 0 Å². The fourth-order valence-electron chi connectivity index (χ4n) is 2.85. The van der Waals surface area contributed by atoms with Crippen molar-refractivity contribution in [2.75, 3.05) is 19.6 Å². The molecule has 4 nitrogen and oxygen atoms in total. The molecule has 1 saturated heterocycles. The molecule has 0 N–H and O–H groups in total. The third-order valence-corrected chi connectivity index (χ3v) is 4.21. The van der Waals surface area contributed by atoms with Crippen LogP contribution in [-0.4, -0.2) is 41.2 Å². The zero-order chi connectivity index (χ0) is 15.8. The molecule has 2 rings (SSSR count). The van der Waals surface area contributed by atoms with E-state index in [0.29, 0.717) is 13.1 Å². The summed E-state index contributed by atoms with van der Waals surface area (Å²) < 4.78 is 0. The van der Waals surface area contributed by atoms with Gasteiger partial charge in [0.15, 0.2) is 0 Å². The minimum Gasteiger partial charge on any atom is -0.342 e. The lowest BCUT2D eigenvalue weighted by molar-refractivity contribution is -0.140. The second kappa shape index (κ2) is 8.57. The summed E-state index contributed by atoms with van der Waals surface area (Å²) >= 11 is 0. The Kier molecular flexibility index (Phi) is 6.44. The molecular formula is C18H26N2O2. The van der Waals surface area contributed by atoms with Gasteiger partial charge in [-0.2, -0.15) is 0 Å². The maximum Gasteiger partial charge on any atom is 0.232 e. The molecule has 0 aliphatic carbocycles. The first-order valence-corrected chi connectivity index (χ1v) is 8.30. The number of rotatable bonds is 5. The molecule has 1 aromatic carbocycles. The van der Waals surface area contributed by atoms with Crippen LogP contribution in [0.1, 0.15) is 44.6 Å². The number of hydrogen-bond donors (Lipinski definition) is 0. The van der Waals surface area contributed by atoms with Crippen LogP contribution in [-0.2, 0) is 16.1 Å². The van der Waals surface area contributed by atoms with Crippen LogP contribution in [0.25, 0.3) is 0 Å². The summed E-state index contributed by atoms with van der Waals surface area (Å²) in [4.78, 5) is 28.3. The Morgan fingerprint density at radius 3 is 2.27 bits per heavy atom. The lowest BCUT2D eigenvalue weighted by Crippen LogP contribution is -2.38. The van der Waals surface area contributed by atoms with Crippen LogP contribution in [0.2, 0.25) is 0 Å². The second-order valence-electron chi connectivity index (χ2n) is 5.87. The molecule has 4 heteroatoms. The van der Waals surface area contributed by atoms with Gasteiger partial charge in [-0.15, -0.1) is 0 Å². The van der Waals surface area contributed by atoms with E-state index in [0.717, 1.165) is 31.5 Å². The number of amides is 2. The highest BCUT2D eigenvalue weighted by Gasteiger charge is 2.21. The van der Waals surface area contributed by atoms with E-state index in [9.17, 15) is 9.59 Å². The molecule has 1 aliphatic heterocycles. The predicted octanol–water partition coefficient (Wildman–Crippen LogP) is 2.83. The lowest BCUT2D eigenvalue weighted by Gasteiger charge is -2.24. The zero-order valence-electron chi connectivity index (χ0n) is 13.5. The Balaban J connectivity index is 1.89. The molecule has 0 unspecified atom stereocenters. The SMILES string of the molecule is CCN(Cc1ccccc1)C(=O)CC(=O)N1CCCCCC1. The number of hydrogen-bond acceptors (Lipinski definition) is 2. The monoisotopic (exact) mass is 302 g/mol. The molecular weight excluding hydrogens is 276 g/mol. The molecule has 0 radical (unpaired) electrons. The molecule has 120 valence electrons. The maximum atomic E-state index is 12.4. The first-order chi connectivity index (χ1) is 10.7. The van der Waals surface area contributed by atoms with E-state index in [1.807, 2.05) is 42.2 Å². The van der Waals surface area contributed by atoms with Gasteiger partial charge in [0.1, 0.15) is 6.42 Å². The lowest BCUT2D eigenvalue weighted by atomic mass is 10.2. The Morgan fingerprint density at radius 1 is 1.05 bits per heavy atom. The normalized spacial score (nSPS) is 15.2. The van der Waals surface area contributed by atoms with Gasteiger partial charge in [-0.1, -0.05) is 43.2 Å². The van der Waals surface area contributed by atoms with Crippen molar-refractivity contribution in [2.45, 2.75) is 45.6 Å². The van der Waals surface area contributed by atoms with Crippen molar-refractivity contribution in [1.82, 2.24) is 9.80 Å². The summed E-state index contributed by atoms with van der Waals surface area (Å²) in [5, 5.41) is 0. The largest absolute Gasteiger partial charge is 0.342 e. The number of nitrogens with zero attached hydrogens (tertiary/aromatic N) is 2. The standard InChI is InChI=1S/C18H26N2O2/c1-2-19(15-16-10-6-5-7-11-16)17(21)14-18(22)20-12-8-3-4-9-13-20/h5-7,10-11H,2-4,8-9,12-15H2,1H3. The third-order valence-electron chi connectivity index (χ3n) is 4.21. The zero-order valence-corrected chi connectivity index (χ0v) is 13.5. The fraction of sp³-hybridized carbons (Fsp3) is 0.556. The highest BCUT2D eigenvalue weighted by atomic mass is 16.2. The topological polar surface area (TPSA) is 40.6 Å². The number of likely N-dealkylation sites (tertiary alicyclic amines) is 1. The van der Waals surface area contributed by atoms with E-state index < -0.39 is 0 Å². The van der Waals surface area contributed by atoms with Crippen LogP contribution in [0.5, 0.6) is 0 Å². The number of carbonyl (C=O) groups is 2. The minimum absolute atomic E-state index is 0.000668. The minimum atomic E-state index is -0.0689. The average Bonchev–Trinajstić information content (AvgIpc) is 2.82. The molecule has 0 bridgehead atoms. The fourth-order valence-corrected chi connectivity index (χ4v) is 2.85. The van der Waals surface area contributed by atoms with Gasteiger partial charge >= 0.3 is 0 Å². The van der Waals surface area contributed by atoms with Crippen molar-refractivity contribution in [3.8, 4) is 0 Å². The van der Waals surface area contributed by atoms with Crippen molar-refractivity contribution in [1.29, 1.82) is 0 Å². The summed E-state index contributed by atoms with van der Waals surface area (Å²) in [5.74, 6) is -0.0842. The molecule has 1 aliphatic rings. The third kappa shape index (κ3) is 4.86. The van der Waals surface area contributed by atoms with Crippen molar-refractivity contribution in [3.63, 3.8) is 0 Å². The van der Waals surface area contributed by atoms with Crippen LogP contribution in [0, 0.1) is 0 Å². The van der Waals surface area contributed by atoms with Gasteiger partial charge in [-0.3, -0.25) is 9.59 Å². The second-order valence-corrected chi connectivity index (χ2v) is 5.87. The summed E-state index contributed by atoms with van der Waals surface area (Å²) in [6.45, 7) is 4.76. The van der Waals surface area contributed by atoms with Gasteiger partial charge in [-0.05, 0) is 25.3 Å². The molecule has 1 heterocycles. The Morgan fingerprint density at radius 2 is 1.68 bits per heavy atom. The van der Waals surface area contributed by atoms with E-state index in [2.05, 4.69) is 0 Å². The Bertz CT molecular complexity index is 479. The molecule has 0 aromatic heterocycles. The molecule has 22 heavy (non-hydrogen) atoms. The van der Waals surface area contributed by atoms with Crippen molar-refractivity contribution in [2.24, 2.45) is 0 Å². The highest BCUT2D eigenvalue weighted by molar-refractivity contribution is 5.96. The summed E-state index contributed by atoms with van der Waals surface area (Å²) in [5.41, 5.74) is 1.10. The van der Waals surface area contributed by atoms with E-state index in [4.69, 9.17) is 0 Å². The number of benzene rings is 1. The summed E-state index contributed by atoms with van der Waals surface area (Å²) in [7, 11) is 0. The van der Waals surface area contributed by atoms with E-state index in [1.165, 1.54) is 12.8 Å². The van der Waals surface area contributed by atoms with Crippen LogP contribution in [0.4, 0.5) is 0 Å². The maximum absolute atomic E-state index is 12.4. The molecule has 0 atom stereocenters. The molecule has 0 spiro atoms. The highest BCUT2D eigenvalue weighted by Crippen LogP contribution is 2.12. The number of carbonyl (C=O) groups excluding carboxylic acids is 2. The smallest absolute Gasteiger partial charge is 0.232 e. The quantitative estimate of drug-likeness (QED) is 0.785. The van der Waals surface area contributed by atoms with Gasteiger partial charge < -0.3 is 9.80 Å². The van der Waals surface area contributed by atoms with E-state index in [-0.39, 0.29) is 18.2 Å². The first-order valence-electron chi connectivity index (χ1n) is 8.30. The average molecular weight is 302 g/mol. The van der Waals surface area contributed by atoms with E-state index >= 15 is 0 Å². The Labute approximate surface area is 133 Å². The van der Waals surface area contributed by atoms with Crippen molar-refractivity contribution < 1.29 is 9.59 Å². The van der Waals surface area contributed by atoms with Crippen LogP contribution in [0.15, 0.2) is 30.3 Å². The Hall–Kier alpha value is -1.84. The molecule has 0 saturated carbocycles. The van der Waals surface area contributed by atoms with Crippen molar-refractivity contribution >= 4 is 11.8 Å². The predicted molar refractivity (Wildman–Crippen MR) is 87.2 cm³/mol. The van der Waals surface area contributed by atoms with Crippen LogP contribution in [0.3, 0.4) is 0 Å². The molecule has 2 amide bonds. The van der Waals surface area contributed by atoms with Crippen LogP contribution < -0.4 is 0 Å². The van der Waals surface area contributed by atoms with Gasteiger partial charge in [0, 0.05) is 26.2 Å². The van der Waals surface area contributed by atoms with E-state index in [1.54, 1.807) is 4.90 Å². The summed E-state index contributed by atoms with van der Waals surface area (Å²) in [6, 6.07) is 9.91. The first kappa shape index (κ1) is 16.5. The van der Waals surface area contributed by atoms with Gasteiger partial charge in [-0.25, -0.2) is 0 Å². The van der Waals surface area contributed by atoms with Gasteiger partial charge in [0.25, 0.3) is 0 Å².